The molecule has 0 spiro atoms. The van der Waals surface area contributed by atoms with Gasteiger partial charge in [-0.15, -0.1) is 0 Å². The number of hydrogen-bond acceptors (Lipinski definition) is 8. The van der Waals surface area contributed by atoms with Gasteiger partial charge in [0.2, 0.25) is 16.0 Å². The van der Waals surface area contributed by atoms with Gasteiger partial charge in [-0.3, -0.25) is 0 Å². The quantitative estimate of drug-likeness (QED) is 0.314. The average Bonchev–Trinajstić information content (AvgIpc) is 2.86. The molecule has 0 saturated heterocycles. The lowest BCUT2D eigenvalue weighted by atomic mass is 10.2. The Balaban J connectivity index is 1.72. The summed E-state index contributed by atoms with van der Waals surface area (Å²) in [7, 11) is -0.637. The molecular formula is C23H19Cl2N5O4S. The van der Waals surface area contributed by atoms with Crippen LogP contribution in [0.3, 0.4) is 0 Å². The molecule has 0 radical (unpaired) electrons. The molecule has 0 amide bonds. The van der Waals surface area contributed by atoms with Crippen LogP contribution in [0.15, 0.2) is 71.6 Å². The van der Waals surface area contributed by atoms with Crippen molar-refractivity contribution in [2.24, 2.45) is 0 Å². The molecule has 0 aliphatic heterocycles. The SMILES string of the molecule is CNS(=O)(=O)c1ccc(Nc2nc(Oc3c(Cl)cccc3Cl)nc(-c3ccc(OC)cc3)n2)cc1. The Morgan fingerprint density at radius 1 is 0.857 bits per heavy atom. The molecule has 1 aromatic heterocycles. The second kappa shape index (κ2) is 10.4. The summed E-state index contributed by atoms with van der Waals surface area (Å²) >= 11 is 12.5. The molecule has 35 heavy (non-hydrogen) atoms. The molecule has 3 aromatic carbocycles. The van der Waals surface area contributed by atoms with Gasteiger partial charge in [0.05, 0.1) is 22.1 Å². The van der Waals surface area contributed by atoms with E-state index in [0.717, 1.165) is 0 Å². The van der Waals surface area contributed by atoms with Gasteiger partial charge in [0.1, 0.15) is 5.75 Å². The minimum absolute atomic E-state index is 0.0438. The number of para-hydroxylation sites is 1. The van der Waals surface area contributed by atoms with Crippen LogP contribution in [-0.4, -0.2) is 37.5 Å². The Labute approximate surface area is 212 Å². The molecule has 9 nitrogen and oxygen atoms in total. The van der Waals surface area contributed by atoms with Crippen molar-refractivity contribution in [2.45, 2.75) is 4.90 Å². The molecule has 0 aliphatic carbocycles. The van der Waals surface area contributed by atoms with Gasteiger partial charge in [-0.25, -0.2) is 13.1 Å². The Morgan fingerprint density at radius 2 is 1.51 bits per heavy atom. The molecule has 0 atom stereocenters. The number of aromatic nitrogens is 3. The van der Waals surface area contributed by atoms with E-state index in [1.165, 1.54) is 19.2 Å². The van der Waals surface area contributed by atoms with Crippen LogP contribution in [-0.2, 0) is 10.0 Å². The summed E-state index contributed by atoms with van der Waals surface area (Å²) in [5.41, 5.74) is 1.23. The fraction of sp³-hybridized carbons (Fsp3) is 0.0870. The summed E-state index contributed by atoms with van der Waals surface area (Å²) in [5, 5.41) is 3.62. The summed E-state index contributed by atoms with van der Waals surface area (Å²) in [4.78, 5) is 13.3. The van der Waals surface area contributed by atoms with Crippen molar-refractivity contribution in [3.05, 3.63) is 76.8 Å². The van der Waals surface area contributed by atoms with E-state index in [2.05, 4.69) is 25.0 Å². The molecule has 0 bridgehead atoms. The van der Waals surface area contributed by atoms with E-state index < -0.39 is 10.0 Å². The van der Waals surface area contributed by atoms with Gasteiger partial charge < -0.3 is 14.8 Å². The third kappa shape index (κ3) is 5.80. The molecule has 2 N–H and O–H groups in total. The summed E-state index contributed by atoms with van der Waals surface area (Å²) < 4.78 is 37.3. The number of methoxy groups -OCH3 is 1. The highest BCUT2D eigenvalue weighted by atomic mass is 35.5. The number of hydrogen-bond donors (Lipinski definition) is 2. The first kappa shape index (κ1) is 24.7. The van der Waals surface area contributed by atoms with Crippen molar-refractivity contribution >= 4 is 44.9 Å². The van der Waals surface area contributed by atoms with Crippen molar-refractivity contribution in [2.75, 3.05) is 19.5 Å². The highest BCUT2D eigenvalue weighted by Gasteiger charge is 2.15. The van der Waals surface area contributed by atoms with Gasteiger partial charge in [0.15, 0.2) is 11.6 Å². The topological polar surface area (TPSA) is 115 Å². The molecule has 4 rings (SSSR count). The van der Waals surface area contributed by atoms with E-state index in [0.29, 0.717) is 32.9 Å². The lowest BCUT2D eigenvalue weighted by Gasteiger charge is -2.12. The molecule has 1 heterocycles. The number of rotatable bonds is 8. The van der Waals surface area contributed by atoms with Crippen molar-refractivity contribution in [1.82, 2.24) is 19.7 Å². The van der Waals surface area contributed by atoms with Crippen LogP contribution in [0.4, 0.5) is 11.6 Å². The first-order valence-corrected chi connectivity index (χ1v) is 12.4. The highest BCUT2D eigenvalue weighted by molar-refractivity contribution is 7.89. The number of ether oxygens (including phenoxy) is 2. The van der Waals surface area contributed by atoms with Crippen molar-refractivity contribution < 1.29 is 17.9 Å². The van der Waals surface area contributed by atoms with Crippen LogP contribution in [0.5, 0.6) is 17.5 Å². The minimum Gasteiger partial charge on any atom is -0.497 e. The van der Waals surface area contributed by atoms with Crippen LogP contribution in [0.1, 0.15) is 0 Å². The molecule has 0 saturated carbocycles. The van der Waals surface area contributed by atoms with Crippen LogP contribution >= 0.6 is 23.2 Å². The van der Waals surface area contributed by atoms with Crippen LogP contribution in [0, 0.1) is 0 Å². The third-order valence-corrected chi connectivity index (χ3v) is 6.79. The Hall–Kier alpha value is -3.44. The second-order valence-electron chi connectivity index (χ2n) is 7.00. The zero-order valence-electron chi connectivity index (χ0n) is 18.5. The highest BCUT2D eigenvalue weighted by Crippen LogP contribution is 2.35. The van der Waals surface area contributed by atoms with Gasteiger partial charge in [-0.05, 0) is 67.7 Å². The number of sulfonamides is 1. The van der Waals surface area contributed by atoms with Gasteiger partial charge in [0, 0.05) is 11.3 Å². The standard InChI is InChI=1S/C23H19Cl2N5O4S/c1-26-35(31,32)17-12-8-15(9-13-17)27-22-28-21(14-6-10-16(33-2)11-7-14)29-23(30-22)34-20-18(24)4-3-5-19(20)25/h3-13,26H,1-2H3,(H,27,28,29,30). The third-order valence-electron chi connectivity index (χ3n) is 4.76. The Kier molecular flexibility index (Phi) is 7.37. The van der Waals surface area contributed by atoms with Crippen molar-refractivity contribution in [1.29, 1.82) is 0 Å². The lowest BCUT2D eigenvalue weighted by Crippen LogP contribution is -2.18. The number of anilines is 2. The summed E-state index contributed by atoms with van der Waals surface area (Å²) in [5.74, 6) is 1.36. The fourth-order valence-corrected chi connectivity index (χ4v) is 4.17. The van der Waals surface area contributed by atoms with Crippen LogP contribution < -0.4 is 19.5 Å². The number of benzene rings is 3. The smallest absolute Gasteiger partial charge is 0.327 e. The number of halogens is 2. The predicted octanol–water partition coefficient (Wildman–Crippen LogP) is 5.30. The van der Waals surface area contributed by atoms with E-state index >= 15 is 0 Å². The van der Waals surface area contributed by atoms with Crippen LogP contribution in [0.25, 0.3) is 11.4 Å². The maximum absolute atomic E-state index is 12.0. The summed E-state index contributed by atoms with van der Waals surface area (Å²) in [6.45, 7) is 0. The van der Waals surface area contributed by atoms with E-state index in [9.17, 15) is 8.42 Å². The van der Waals surface area contributed by atoms with E-state index in [4.69, 9.17) is 32.7 Å². The van der Waals surface area contributed by atoms with E-state index in [1.807, 2.05) is 0 Å². The average molecular weight is 532 g/mol. The van der Waals surface area contributed by atoms with E-state index in [1.54, 1.807) is 61.7 Å². The van der Waals surface area contributed by atoms with Gasteiger partial charge in [-0.1, -0.05) is 29.3 Å². The molecule has 0 aliphatic rings. The first-order chi connectivity index (χ1) is 16.8. The monoisotopic (exact) mass is 531 g/mol. The second-order valence-corrected chi connectivity index (χ2v) is 9.70. The summed E-state index contributed by atoms with van der Waals surface area (Å²) in [6.07, 6.45) is 0. The largest absolute Gasteiger partial charge is 0.497 e. The van der Waals surface area contributed by atoms with Gasteiger partial charge in [0.25, 0.3) is 0 Å². The zero-order valence-corrected chi connectivity index (χ0v) is 20.8. The normalized spacial score (nSPS) is 11.2. The molecule has 0 fully saturated rings. The Morgan fingerprint density at radius 3 is 2.11 bits per heavy atom. The maximum atomic E-state index is 12.0. The van der Waals surface area contributed by atoms with Crippen molar-refractivity contribution in [3.63, 3.8) is 0 Å². The molecule has 0 unspecified atom stereocenters. The van der Waals surface area contributed by atoms with Gasteiger partial charge in [-0.2, -0.15) is 15.0 Å². The zero-order chi connectivity index (χ0) is 25.0. The Bertz CT molecular complexity index is 1430. The lowest BCUT2D eigenvalue weighted by molar-refractivity contribution is 0.415. The predicted molar refractivity (Wildman–Crippen MR) is 134 cm³/mol. The fourth-order valence-electron chi connectivity index (χ4n) is 2.96. The number of nitrogens with one attached hydrogen (secondary N) is 2. The minimum atomic E-state index is -3.56. The summed E-state index contributed by atoms with van der Waals surface area (Å²) in [6, 6.07) is 18.2. The van der Waals surface area contributed by atoms with Crippen LogP contribution in [0.2, 0.25) is 10.0 Å². The molecule has 4 aromatic rings. The molecular weight excluding hydrogens is 513 g/mol. The molecule has 180 valence electrons. The van der Waals surface area contributed by atoms with Crippen molar-refractivity contribution in [3.8, 4) is 28.9 Å². The maximum Gasteiger partial charge on any atom is 0.327 e. The first-order valence-electron chi connectivity index (χ1n) is 10.1. The number of nitrogens with zero attached hydrogens (tertiary/aromatic N) is 3. The van der Waals surface area contributed by atoms with Gasteiger partial charge >= 0.3 is 6.01 Å². The molecule has 12 heteroatoms. The van der Waals surface area contributed by atoms with E-state index in [-0.39, 0.29) is 22.6 Å².